The van der Waals surface area contributed by atoms with Gasteiger partial charge < -0.3 is 30.6 Å². The van der Waals surface area contributed by atoms with Crippen molar-refractivity contribution in [3.63, 3.8) is 0 Å². The molecule has 0 bridgehead atoms. The number of amides is 1. The minimum atomic E-state index is -0.707. The normalized spacial score (nSPS) is 13.2. The Hall–Kier alpha value is -4.71. The average molecular weight is 578 g/mol. The van der Waals surface area contributed by atoms with Crippen LogP contribution in [0.2, 0.25) is 0 Å². The number of hydrogen-bond acceptors (Lipinski definition) is 9. The van der Waals surface area contributed by atoms with Gasteiger partial charge in [-0.15, -0.1) is 0 Å². The van der Waals surface area contributed by atoms with Gasteiger partial charge in [-0.25, -0.2) is 15.6 Å². The number of rotatable bonds is 9. The molecule has 224 valence electrons. The molecule has 6 N–H and O–H groups in total. The first-order valence-electron chi connectivity index (χ1n) is 13.7. The Balaban J connectivity index is 1.87. The van der Waals surface area contributed by atoms with E-state index in [0.717, 1.165) is 38.5 Å². The second-order valence-corrected chi connectivity index (χ2v) is 10.3. The standard InChI is InChI=1S/C30H39N7O5/c1-7-42-24-14-20-8-10-36-22(21(20)15-23(24)41-6)16-25(34-26-18(3)12-17(2)13-19(26)4)37(30(36)40)11-9-33-29(39)27(28(31)38)35(5)32/h12-16,38H,7-11,31-32H2,1-6H3,(H,33,39)/b28-27+,34-25+. The van der Waals surface area contributed by atoms with Crippen LogP contribution in [0.15, 0.2) is 51.7 Å². The highest BCUT2D eigenvalue weighted by Crippen LogP contribution is 2.37. The van der Waals surface area contributed by atoms with Gasteiger partial charge in [0.1, 0.15) is 5.49 Å². The van der Waals surface area contributed by atoms with Crippen LogP contribution in [0.4, 0.5) is 5.69 Å². The summed E-state index contributed by atoms with van der Waals surface area (Å²) in [5.41, 5.74) is 11.8. The van der Waals surface area contributed by atoms with Gasteiger partial charge in [-0.2, -0.15) is 0 Å². The fourth-order valence-corrected chi connectivity index (χ4v) is 5.36. The average Bonchev–Trinajstić information content (AvgIpc) is 2.91. The molecule has 42 heavy (non-hydrogen) atoms. The summed E-state index contributed by atoms with van der Waals surface area (Å²) in [7, 11) is 2.97. The quantitative estimate of drug-likeness (QED) is 0.130. The summed E-state index contributed by atoms with van der Waals surface area (Å²) in [6.07, 6.45) is 0.627. The van der Waals surface area contributed by atoms with Crippen molar-refractivity contribution in [2.75, 3.05) is 27.3 Å². The number of benzene rings is 2. The Kier molecular flexibility index (Phi) is 8.96. The monoisotopic (exact) mass is 577 g/mol. The van der Waals surface area contributed by atoms with Gasteiger partial charge in [0.15, 0.2) is 17.2 Å². The van der Waals surface area contributed by atoms with Crippen molar-refractivity contribution in [2.45, 2.75) is 47.2 Å². The third kappa shape index (κ3) is 5.98. The molecule has 2 aromatic carbocycles. The van der Waals surface area contributed by atoms with Crippen LogP contribution in [0.25, 0.3) is 11.3 Å². The van der Waals surface area contributed by atoms with E-state index in [1.54, 1.807) is 11.7 Å². The maximum absolute atomic E-state index is 14.0. The van der Waals surface area contributed by atoms with Crippen LogP contribution in [0.5, 0.6) is 11.5 Å². The number of aliphatic hydroxyl groups is 1. The Morgan fingerprint density at radius 2 is 1.83 bits per heavy atom. The largest absolute Gasteiger partial charge is 0.493 e. The van der Waals surface area contributed by atoms with E-state index in [1.165, 1.54) is 11.6 Å². The second kappa shape index (κ2) is 12.4. The lowest BCUT2D eigenvalue weighted by Crippen LogP contribution is -2.45. The summed E-state index contributed by atoms with van der Waals surface area (Å²) in [4.78, 5) is 31.6. The summed E-state index contributed by atoms with van der Waals surface area (Å²) in [5.74, 6) is 5.50. The summed E-state index contributed by atoms with van der Waals surface area (Å²) in [5, 5.41) is 13.3. The van der Waals surface area contributed by atoms with Crippen LogP contribution in [0.3, 0.4) is 0 Å². The molecule has 0 spiro atoms. The lowest BCUT2D eigenvalue weighted by Gasteiger charge is -2.25. The lowest BCUT2D eigenvalue weighted by molar-refractivity contribution is -0.119. The van der Waals surface area contributed by atoms with Crippen molar-refractivity contribution < 1.29 is 19.4 Å². The number of fused-ring (bicyclic) bond motifs is 3. The van der Waals surface area contributed by atoms with Crippen LogP contribution >= 0.6 is 0 Å². The molecule has 0 aliphatic carbocycles. The zero-order valence-corrected chi connectivity index (χ0v) is 24.9. The number of methoxy groups -OCH3 is 1. The molecular formula is C30H39N7O5. The van der Waals surface area contributed by atoms with Gasteiger partial charge in [-0.1, -0.05) is 17.7 Å². The Bertz CT molecular complexity index is 1660. The Morgan fingerprint density at radius 1 is 1.14 bits per heavy atom. The van der Waals surface area contributed by atoms with Gasteiger partial charge >= 0.3 is 5.69 Å². The first-order chi connectivity index (χ1) is 20.0. The van der Waals surface area contributed by atoms with Crippen LogP contribution in [-0.2, 0) is 24.3 Å². The molecule has 1 aliphatic heterocycles. The highest BCUT2D eigenvalue weighted by atomic mass is 16.5. The number of aliphatic hydroxyl groups excluding tert-OH is 1. The third-order valence-electron chi connectivity index (χ3n) is 7.16. The number of nitrogens with two attached hydrogens (primary N) is 2. The summed E-state index contributed by atoms with van der Waals surface area (Å²) in [6.45, 7) is 9.05. The van der Waals surface area contributed by atoms with E-state index >= 15 is 0 Å². The molecule has 0 atom stereocenters. The van der Waals surface area contributed by atoms with Crippen molar-refractivity contribution in [2.24, 2.45) is 16.6 Å². The van der Waals surface area contributed by atoms with Gasteiger partial charge in [0.25, 0.3) is 5.91 Å². The fraction of sp³-hybridized carbons (Fsp3) is 0.367. The summed E-state index contributed by atoms with van der Waals surface area (Å²) in [6, 6.07) is 9.86. The SMILES string of the molecule is CCOc1cc2c(cc1OC)-c1c/c(=N\c3c(C)cc(C)cc3C)n(CCNC(=O)/C(=C(/N)O)N(C)N)c(=O)n1CC2. The second-order valence-electron chi connectivity index (χ2n) is 10.3. The first-order valence-corrected chi connectivity index (χ1v) is 13.7. The van der Waals surface area contributed by atoms with E-state index in [4.69, 9.17) is 26.0 Å². The predicted octanol–water partition coefficient (Wildman–Crippen LogP) is 2.05. The van der Waals surface area contributed by atoms with Crippen molar-refractivity contribution in [3.05, 3.63) is 80.1 Å². The molecule has 0 fully saturated rings. The number of aromatic nitrogens is 2. The minimum absolute atomic E-state index is 0.0548. The number of likely N-dealkylation sites (N-methyl/N-ethyl adjacent to an activating group) is 1. The number of nitrogens with zero attached hydrogens (tertiary/aromatic N) is 4. The molecule has 4 rings (SSSR count). The van der Waals surface area contributed by atoms with Gasteiger partial charge in [0.2, 0.25) is 5.88 Å². The van der Waals surface area contributed by atoms with Crippen molar-refractivity contribution >= 4 is 11.6 Å². The number of carbonyl (C=O) groups excluding carboxylic acids is 1. The van der Waals surface area contributed by atoms with E-state index in [9.17, 15) is 14.7 Å². The number of aryl methyl sites for hydroxylation is 4. The van der Waals surface area contributed by atoms with Crippen molar-refractivity contribution in [1.29, 1.82) is 0 Å². The number of carbonyl (C=O) groups is 1. The highest BCUT2D eigenvalue weighted by molar-refractivity contribution is 5.92. The molecule has 0 unspecified atom stereocenters. The van der Waals surface area contributed by atoms with E-state index in [2.05, 4.69) is 5.32 Å². The highest BCUT2D eigenvalue weighted by Gasteiger charge is 2.23. The first kappa shape index (κ1) is 30.3. The maximum atomic E-state index is 14.0. The molecule has 12 nitrogen and oxygen atoms in total. The van der Waals surface area contributed by atoms with E-state index < -0.39 is 11.8 Å². The van der Waals surface area contributed by atoms with E-state index in [-0.39, 0.29) is 24.5 Å². The maximum Gasteiger partial charge on any atom is 0.330 e. The molecule has 0 saturated heterocycles. The number of hydrogen-bond donors (Lipinski definition) is 4. The van der Waals surface area contributed by atoms with Gasteiger partial charge in [0.05, 0.1) is 25.1 Å². The molecule has 3 aromatic rings. The fourth-order valence-electron chi connectivity index (χ4n) is 5.36. The van der Waals surface area contributed by atoms with Crippen LogP contribution in [0.1, 0.15) is 29.2 Å². The summed E-state index contributed by atoms with van der Waals surface area (Å²) >= 11 is 0. The molecule has 1 aromatic heterocycles. The minimum Gasteiger partial charge on any atom is -0.493 e. The molecule has 2 heterocycles. The molecule has 0 saturated carbocycles. The number of nitrogens with one attached hydrogen (secondary N) is 1. The van der Waals surface area contributed by atoms with E-state index in [1.807, 2.05) is 58.0 Å². The summed E-state index contributed by atoms with van der Waals surface area (Å²) < 4.78 is 14.6. The smallest absolute Gasteiger partial charge is 0.330 e. The Labute approximate surface area is 244 Å². The third-order valence-corrected chi connectivity index (χ3v) is 7.16. The molecule has 1 aliphatic rings. The van der Waals surface area contributed by atoms with Gasteiger partial charge in [0, 0.05) is 38.3 Å². The Morgan fingerprint density at radius 3 is 2.43 bits per heavy atom. The molecule has 12 heteroatoms. The van der Waals surface area contributed by atoms with Gasteiger partial charge in [-0.05, 0) is 62.9 Å². The zero-order valence-electron chi connectivity index (χ0n) is 24.9. The van der Waals surface area contributed by atoms with Crippen LogP contribution < -0.4 is 37.5 Å². The topological polar surface area (TPSA) is 162 Å². The predicted molar refractivity (Wildman–Crippen MR) is 160 cm³/mol. The van der Waals surface area contributed by atoms with Crippen LogP contribution in [-0.4, -0.2) is 52.5 Å². The zero-order chi connectivity index (χ0) is 30.7. The number of ether oxygens (including phenoxy) is 2. The molecule has 0 radical (unpaired) electrons. The lowest BCUT2D eigenvalue weighted by atomic mass is 9.97. The molecule has 1 amide bonds. The van der Waals surface area contributed by atoms with Crippen LogP contribution in [0, 0.1) is 20.8 Å². The van der Waals surface area contributed by atoms with Crippen molar-refractivity contribution in [3.8, 4) is 22.8 Å². The number of hydrazine groups is 1. The van der Waals surface area contributed by atoms with Crippen molar-refractivity contribution in [1.82, 2.24) is 19.5 Å². The van der Waals surface area contributed by atoms with Gasteiger partial charge in [-0.3, -0.25) is 13.9 Å². The molecular weight excluding hydrogens is 538 g/mol. The van der Waals surface area contributed by atoms with E-state index in [0.29, 0.717) is 42.3 Å².